The third-order valence-corrected chi connectivity index (χ3v) is 7.65. The van der Waals surface area contributed by atoms with Crippen molar-refractivity contribution in [1.29, 1.82) is 0 Å². The standard InChI is InChI=1S/C29H43N5O3/c1-22(2)34-19-25-16-23(9-11-27(25)37-15-6-4-5-13-31-28(35)20-34)10-12-29(36)33-14-7-8-24(18-33)26-17-30-21-32(26)3/h9,11,16-17,21-22,24H,4-8,10,12-15,18-20H2,1-3H3,(H,31,35). The summed E-state index contributed by atoms with van der Waals surface area (Å²) < 4.78 is 8.24. The van der Waals surface area contributed by atoms with Crippen molar-refractivity contribution in [3.05, 3.63) is 47.5 Å². The van der Waals surface area contributed by atoms with E-state index in [0.29, 0.717) is 38.5 Å². The van der Waals surface area contributed by atoms with Gasteiger partial charge in [0.15, 0.2) is 0 Å². The number of hydrogen-bond donors (Lipinski definition) is 1. The van der Waals surface area contributed by atoms with Crippen LogP contribution < -0.4 is 10.1 Å². The molecule has 0 spiro atoms. The lowest BCUT2D eigenvalue weighted by Gasteiger charge is -2.33. The summed E-state index contributed by atoms with van der Waals surface area (Å²) in [6, 6.07) is 6.53. The lowest BCUT2D eigenvalue weighted by Crippen LogP contribution is -2.40. The lowest BCUT2D eigenvalue weighted by molar-refractivity contribution is -0.132. The van der Waals surface area contributed by atoms with E-state index in [1.54, 1.807) is 0 Å². The first-order valence-electron chi connectivity index (χ1n) is 13.9. The van der Waals surface area contributed by atoms with Gasteiger partial charge < -0.3 is 19.5 Å². The number of nitrogens with one attached hydrogen (secondary N) is 1. The summed E-state index contributed by atoms with van der Waals surface area (Å²) in [5, 5.41) is 3.05. The fraction of sp³-hybridized carbons (Fsp3) is 0.621. The topological polar surface area (TPSA) is 79.7 Å². The van der Waals surface area contributed by atoms with Crippen LogP contribution in [0, 0.1) is 0 Å². The van der Waals surface area contributed by atoms with E-state index < -0.39 is 0 Å². The Morgan fingerprint density at radius 3 is 2.84 bits per heavy atom. The molecule has 0 radical (unpaired) electrons. The molecule has 1 N–H and O–H groups in total. The number of nitrogens with zero attached hydrogens (tertiary/aromatic N) is 4. The minimum atomic E-state index is 0.0723. The van der Waals surface area contributed by atoms with Crippen LogP contribution in [0.4, 0.5) is 0 Å². The molecule has 2 aromatic rings. The maximum Gasteiger partial charge on any atom is 0.234 e. The molecule has 2 amide bonds. The third kappa shape index (κ3) is 7.57. The van der Waals surface area contributed by atoms with Crippen molar-refractivity contribution in [2.24, 2.45) is 7.05 Å². The van der Waals surface area contributed by atoms with Crippen molar-refractivity contribution in [3.8, 4) is 5.75 Å². The van der Waals surface area contributed by atoms with Gasteiger partial charge in [0.05, 0.1) is 19.5 Å². The SMILES string of the molecule is CC(C)N1CC(=O)NCCCCCOc2ccc(CCC(=O)N3CCCC(c4cncn4C)C3)cc2C1. The largest absolute Gasteiger partial charge is 0.493 e. The van der Waals surface area contributed by atoms with Crippen LogP contribution in [0.25, 0.3) is 0 Å². The monoisotopic (exact) mass is 509 g/mol. The second-order valence-electron chi connectivity index (χ2n) is 10.8. The Morgan fingerprint density at radius 1 is 1.19 bits per heavy atom. The van der Waals surface area contributed by atoms with Crippen LogP contribution in [0.15, 0.2) is 30.7 Å². The second kappa shape index (κ2) is 13.1. The number of ether oxygens (including phenoxy) is 1. The number of piperidine rings is 1. The summed E-state index contributed by atoms with van der Waals surface area (Å²) >= 11 is 0. The molecule has 3 heterocycles. The number of amides is 2. The van der Waals surface area contributed by atoms with Crippen molar-refractivity contribution in [1.82, 2.24) is 24.7 Å². The van der Waals surface area contributed by atoms with Crippen LogP contribution in [0.2, 0.25) is 0 Å². The van der Waals surface area contributed by atoms with Crippen molar-refractivity contribution in [2.75, 3.05) is 32.8 Å². The van der Waals surface area contributed by atoms with E-state index in [9.17, 15) is 9.59 Å². The Kier molecular flexibility index (Phi) is 9.61. The Hall–Kier alpha value is -2.87. The average molecular weight is 510 g/mol. The van der Waals surface area contributed by atoms with Gasteiger partial charge in [-0.2, -0.15) is 0 Å². The van der Waals surface area contributed by atoms with Gasteiger partial charge in [-0.3, -0.25) is 14.5 Å². The zero-order valence-electron chi connectivity index (χ0n) is 22.7. The zero-order valence-corrected chi connectivity index (χ0v) is 22.7. The van der Waals surface area contributed by atoms with Crippen molar-refractivity contribution in [3.63, 3.8) is 0 Å². The summed E-state index contributed by atoms with van der Waals surface area (Å²) in [4.78, 5) is 34.1. The smallest absolute Gasteiger partial charge is 0.234 e. The molecule has 202 valence electrons. The number of aryl methyl sites for hydroxylation is 2. The van der Waals surface area contributed by atoms with Gasteiger partial charge >= 0.3 is 0 Å². The van der Waals surface area contributed by atoms with Crippen LogP contribution in [0.3, 0.4) is 0 Å². The minimum Gasteiger partial charge on any atom is -0.493 e. The quantitative estimate of drug-likeness (QED) is 0.666. The molecule has 0 aliphatic carbocycles. The number of carbonyl (C=O) groups excluding carboxylic acids is 2. The molecule has 8 nitrogen and oxygen atoms in total. The fourth-order valence-electron chi connectivity index (χ4n) is 5.36. The van der Waals surface area contributed by atoms with E-state index >= 15 is 0 Å². The fourth-order valence-corrected chi connectivity index (χ4v) is 5.36. The molecule has 1 aromatic heterocycles. The van der Waals surface area contributed by atoms with Gasteiger partial charge in [0.1, 0.15) is 5.75 Å². The molecule has 0 saturated carbocycles. The highest BCUT2D eigenvalue weighted by atomic mass is 16.5. The Balaban J connectivity index is 1.42. The molecular weight excluding hydrogens is 466 g/mol. The highest BCUT2D eigenvalue weighted by molar-refractivity contribution is 5.78. The number of carbonyl (C=O) groups is 2. The van der Waals surface area contributed by atoms with Crippen molar-refractivity contribution >= 4 is 11.8 Å². The number of aromatic nitrogens is 2. The second-order valence-corrected chi connectivity index (χ2v) is 10.8. The first-order chi connectivity index (χ1) is 17.9. The molecule has 1 unspecified atom stereocenters. The lowest BCUT2D eigenvalue weighted by atomic mass is 9.94. The molecule has 1 aromatic carbocycles. The van der Waals surface area contributed by atoms with Crippen LogP contribution in [-0.2, 0) is 29.6 Å². The first-order valence-corrected chi connectivity index (χ1v) is 13.9. The van der Waals surface area contributed by atoms with Gasteiger partial charge in [-0.15, -0.1) is 0 Å². The number of likely N-dealkylation sites (tertiary alicyclic amines) is 1. The zero-order chi connectivity index (χ0) is 26.2. The highest BCUT2D eigenvalue weighted by Crippen LogP contribution is 2.28. The van der Waals surface area contributed by atoms with Crippen molar-refractivity contribution in [2.45, 2.75) is 77.3 Å². The van der Waals surface area contributed by atoms with Gasteiger partial charge in [-0.25, -0.2) is 4.98 Å². The van der Waals surface area contributed by atoms with Gasteiger partial charge in [0.2, 0.25) is 11.8 Å². The van der Waals surface area contributed by atoms with Gasteiger partial charge in [-0.05, 0) is 64.0 Å². The van der Waals surface area contributed by atoms with Gasteiger partial charge in [0.25, 0.3) is 0 Å². The Morgan fingerprint density at radius 2 is 2.05 bits per heavy atom. The number of hydrogen-bond acceptors (Lipinski definition) is 5. The highest BCUT2D eigenvalue weighted by Gasteiger charge is 2.26. The first kappa shape index (κ1) is 27.2. The molecule has 4 rings (SSSR count). The normalized spacial score (nSPS) is 20.3. The van der Waals surface area contributed by atoms with Gasteiger partial charge in [0, 0.05) is 69.1 Å². The molecule has 1 atom stereocenters. The predicted octanol–water partition coefficient (Wildman–Crippen LogP) is 3.65. The molecule has 2 aliphatic rings. The summed E-state index contributed by atoms with van der Waals surface area (Å²) in [6.07, 6.45) is 10.0. The number of imidazole rings is 1. The van der Waals surface area contributed by atoms with E-state index in [2.05, 4.69) is 45.7 Å². The molecule has 1 saturated heterocycles. The van der Waals surface area contributed by atoms with E-state index in [1.807, 2.05) is 30.5 Å². The van der Waals surface area contributed by atoms with E-state index in [4.69, 9.17) is 4.74 Å². The van der Waals surface area contributed by atoms with E-state index in [1.165, 1.54) is 5.69 Å². The molecule has 1 fully saturated rings. The molecule has 0 bridgehead atoms. The van der Waals surface area contributed by atoms with Crippen LogP contribution in [0.5, 0.6) is 5.75 Å². The van der Waals surface area contributed by atoms with Crippen LogP contribution in [-0.4, -0.2) is 70.0 Å². The number of benzene rings is 1. The van der Waals surface area contributed by atoms with E-state index in [-0.39, 0.29) is 17.9 Å². The van der Waals surface area contributed by atoms with Gasteiger partial charge in [-0.1, -0.05) is 12.1 Å². The molecule has 2 aliphatic heterocycles. The molecule has 37 heavy (non-hydrogen) atoms. The van der Waals surface area contributed by atoms with Crippen LogP contribution >= 0.6 is 0 Å². The third-order valence-electron chi connectivity index (χ3n) is 7.65. The Bertz CT molecular complexity index is 1050. The van der Waals surface area contributed by atoms with E-state index in [0.717, 1.165) is 68.6 Å². The summed E-state index contributed by atoms with van der Waals surface area (Å²) in [5.74, 6) is 1.52. The molecular formula is C29H43N5O3. The maximum atomic E-state index is 13.2. The van der Waals surface area contributed by atoms with Crippen molar-refractivity contribution < 1.29 is 14.3 Å². The average Bonchev–Trinajstić information content (AvgIpc) is 3.33. The number of rotatable bonds is 5. The molecule has 8 heteroatoms. The predicted molar refractivity (Wildman–Crippen MR) is 144 cm³/mol. The van der Waals surface area contributed by atoms with Crippen LogP contribution in [0.1, 0.15) is 75.1 Å². The summed E-state index contributed by atoms with van der Waals surface area (Å²) in [5.41, 5.74) is 3.42. The Labute approximate surface area is 221 Å². The minimum absolute atomic E-state index is 0.0723. The summed E-state index contributed by atoms with van der Waals surface area (Å²) in [7, 11) is 2.02. The maximum absolute atomic E-state index is 13.2. The summed E-state index contributed by atoms with van der Waals surface area (Å²) in [6.45, 7) is 8.23. The number of fused-ring (bicyclic) bond motifs is 1.